The van der Waals surface area contributed by atoms with Crippen LogP contribution in [0.4, 0.5) is 0 Å². The second-order valence-electron chi connectivity index (χ2n) is 4.05. The van der Waals surface area contributed by atoms with Crippen LogP contribution in [-0.2, 0) is 13.2 Å². The number of tetrazole rings is 1. The monoisotopic (exact) mass is 296 g/mol. The first-order chi connectivity index (χ1) is 9.61. The van der Waals surface area contributed by atoms with Crippen molar-refractivity contribution in [1.29, 1.82) is 0 Å². The molecule has 1 aromatic carbocycles. The van der Waals surface area contributed by atoms with Gasteiger partial charge in [0.1, 0.15) is 17.9 Å². The summed E-state index contributed by atoms with van der Waals surface area (Å²) in [4.78, 5) is 11.1. The van der Waals surface area contributed by atoms with Crippen molar-refractivity contribution in [2.24, 2.45) is 0 Å². The van der Waals surface area contributed by atoms with Gasteiger partial charge in [-0.15, -0.1) is 5.10 Å². The molecule has 0 bridgehead atoms. The Hall–Kier alpha value is -2.15. The van der Waals surface area contributed by atoms with Gasteiger partial charge in [0.2, 0.25) is 0 Å². The molecule has 0 saturated heterocycles. The van der Waals surface area contributed by atoms with Crippen molar-refractivity contribution in [2.75, 3.05) is 0 Å². The molecule has 0 spiro atoms. The molecular weight excluding hydrogens is 284 g/mol. The lowest BCUT2D eigenvalue weighted by molar-refractivity contribution is 0.0691. The molecule has 2 aromatic rings. The summed E-state index contributed by atoms with van der Waals surface area (Å²) < 4.78 is 7.10. The summed E-state index contributed by atoms with van der Waals surface area (Å²) in [6.07, 6.45) is 0.888. The Morgan fingerprint density at radius 3 is 3.00 bits per heavy atom. The van der Waals surface area contributed by atoms with Crippen LogP contribution >= 0.6 is 11.6 Å². The Morgan fingerprint density at radius 2 is 2.30 bits per heavy atom. The zero-order valence-corrected chi connectivity index (χ0v) is 11.5. The van der Waals surface area contributed by atoms with Gasteiger partial charge in [-0.1, -0.05) is 18.5 Å². The number of halogens is 1. The van der Waals surface area contributed by atoms with Crippen LogP contribution in [0.2, 0.25) is 5.02 Å². The number of aryl methyl sites for hydroxylation is 1. The van der Waals surface area contributed by atoms with Crippen LogP contribution in [0, 0.1) is 0 Å². The molecule has 0 fully saturated rings. The summed E-state index contributed by atoms with van der Waals surface area (Å²) in [5, 5.41) is 20.7. The van der Waals surface area contributed by atoms with Crippen molar-refractivity contribution >= 4 is 17.6 Å². The Morgan fingerprint density at radius 1 is 1.50 bits per heavy atom. The number of aromatic nitrogens is 4. The van der Waals surface area contributed by atoms with Gasteiger partial charge >= 0.3 is 5.97 Å². The molecule has 0 aliphatic carbocycles. The van der Waals surface area contributed by atoms with Crippen LogP contribution < -0.4 is 4.74 Å². The minimum atomic E-state index is -1.10. The first-order valence-corrected chi connectivity index (χ1v) is 6.40. The molecule has 7 nitrogen and oxygen atoms in total. The first kappa shape index (κ1) is 14.3. The highest BCUT2D eigenvalue weighted by atomic mass is 35.5. The molecule has 0 aliphatic heterocycles. The molecule has 8 heteroatoms. The van der Waals surface area contributed by atoms with E-state index in [4.69, 9.17) is 21.4 Å². The van der Waals surface area contributed by atoms with Crippen LogP contribution in [0.15, 0.2) is 18.2 Å². The first-order valence-electron chi connectivity index (χ1n) is 6.02. The lowest BCUT2D eigenvalue weighted by atomic mass is 10.2. The van der Waals surface area contributed by atoms with Gasteiger partial charge in [0, 0.05) is 11.6 Å². The summed E-state index contributed by atoms with van der Waals surface area (Å²) in [6.45, 7) is 2.78. The van der Waals surface area contributed by atoms with Gasteiger partial charge in [0.05, 0.1) is 0 Å². The predicted molar refractivity (Wildman–Crippen MR) is 70.9 cm³/mol. The lowest BCUT2D eigenvalue weighted by Crippen LogP contribution is -2.10. The molecule has 1 aromatic heterocycles. The largest absolute Gasteiger partial charge is 0.485 e. The van der Waals surface area contributed by atoms with Gasteiger partial charge in [0.15, 0.2) is 5.82 Å². The molecule has 1 N–H and O–H groups in total. The van der Waals surface area contributed by atoms with Crippen LogP contribution in [0.25, 0.3) is 0 Å². The maximum atomic E-state index is 11.1. The van der Waals surface area contributed by atoms with Gasteiger partial charge in [-0.3, -0.25) is 0 Å². The van der Waals surface area contributed by atoms with Crippen LogP contribution in [0.5, 0.6) is 5.75 Å². The third-order valence-electron chi connectivity index (χ3n) is 2.57. The molecule has 106 valence electrons. The van der Waals surface area contributed by atoms with E-state index < -0.39 is 5.97 Å². The van der Waals surface area contributed by atoms with Crippen molar-refractivity contribution in [3.8, 4) is 5.75 Å². The zero-order chi connectivity index (χ0) is 14.5. The molecule has 1 heterocycles. The van der Waals surface area contributed by atoms with E-state index in [0.717, 1.165) is 6.42 Å². The average Bonchev–Trinajstić information content (AvgIpc) is 2.85. The number of ether oxygens (including phenoxy) is 1. The highest BCUT2D eigenvalue weighted by molar-refractivity contribution is 6.31. The second kappa shape index (κ2) is 6.33. The Labute approximate surface area is 120 Å². The molecule has 0 unspecified atom stereocenters. The van der Waals surface area contributed by atoms with Gasteiger partial charge in [0.25, 0.3) is 0 Å². The number of carbonyl (C=O) groups is 1. The van der Waals surface area contributed by atoms with E-state index in [1.807, 2.05) is 6.92 Å². The molecule has 0 atom stereocenters. The number of benzene rings is 1. The zero-order valence-electron chi connectivity index (χ0n) is 10.8. The molecule has 0 amide bonds. The van der Waals surface area contributed by atoms with E-state index in [1.54, 1.807) is 10.7 Å². The highest BCUT2D eigenvalue weighted by Gasteiger charge is 2.13. The van der Waals surface area contributed by atoms with E-state index in [9.17, 15) is 4.79 Å². The average molecular weight is 297 g/mol. The van der Waals surface area contributed by atoms with E-state index in [1.165, 1.54) is 12.1 Å². The van der Waals surface area contributed by atoms with Crippen LogP contribution in [-0.4, -0.2) is 31.3 Å². The summed E-state index contributed by atoms with van der Waals surface area (Å²) >= 11 is 5.77. The molecule has 0 radical (unpaired) electrons. The Balaban J connectivity index is 2.14. The standard InChI is InChI=1S/C12H13ClN4O3/c1-2-5-17-11(14-15-16-17)7-20-10-4-3-8(13)6-9(10)12(18)19/h3-4,6H,2,5,7H2,1H3,(H,18,19). The van der Waals surface area contributed by atoms with Crippen LogP contribution in [0.1, 0.15) is 29.5 Å². The summed E-state index contributed by atoms with van der Waals surface area (Å²) in [5.41, 5.74) is 0.00650. The number of nitrogens with zero attached hydrogens (tertiary/aromatic N) is 4. The fourth-order valence-electron chi connectivity index (χ4n) is 1.65. The summed E-state index contributed by atoms with van der Waals surface area (Å²) in [6, 6.07) is 4.42. The van der Waals surface area contributed by atoms with Crippen molar-refractivity contribution in [1.82, 2.24) is 20.2 Å². The minimum Gasteiger partial charge on any atom is -0.485 e. The number of carboxylic acids is 1. The van der Waals surface area contributed by atoms with E-state index in [0.29, 0.717) is 17.4 Å². The Kier molecular flexibility index (Phi) is 4.52. The Bertz CT molecular complexity index is 614. The maximum absolute atomic E-state index is 11.1. The van der Waals surface area contributed by atoms with E-state index >= 15 is 0 Å². The van der Waals surface area contributed by atoms with Gasteiger partial charge < -0.3 is 9.84 Å². The second-order valence-corrected chi connectivity index (χ2v) is 4.49. The van der Waals surface area contributed by atoms with Crippen molar-refractivity contribution < 1.29 is 14.6 Å². The highest BCUT2D eigenvalue weighted by Crippen LogP contribution is 2.23. The molecule has 20 heavy (non-hydrogen) atoms. The van der Waals surface area contributed by atoms with Crippen molar-refractivity contribution in [3.05, 3.63) is 34.6 Å². The quantitative estimate of drug-likeness (QED) is 0.877. The fourth-order valence-corrected chi connectivity index (χ4v) is 1.82. The summed E-state index contributed by atoms with van der Waals surface area (Å²) in [7, 11) is 0. The van der Waals surface area contributed by atoms with Gasteiger partial charge in [-0.05, 0) is 35.0 Å². The normalized spacial score (nSPS) is 10.5. The number of hydrogen-bond donors (Lipinski definition) is 1. The van der Waals surface area contributed by atoms with Gasteiger partial charge in [-0.25, -0.2) is 9.48 Å². The molecule has 0 saturated carbocycles. The molecular formula is C12H13ClN4O3. The van der Waals surface area contributed by atoms with Crippen molar-refractivity contribution in [2.45, 2.75) is 26.5 Å². The summed E-state index contributed by atoms with van der Waals surface area (Å²) in [5.74, 6) is -0.332. The smallest absolute Gasteiger partial charge is 0.339 e. The number of carboxylic acid groups (broad SMARTS) is 1. The third kappa shape index (κ3) is 3.24. The topological polar surface area (TPSA) is 90.1 Å². The lowest BCUT2D eigenvalue weighted by Gasteiger charge is -2.09. The van der Waals surface area contributed by atoms with E-state index in [2.05, 4.69) is 15.5 Å². The minimum absolute atomic E-state index is 0.00650. The van der Waals surface area contributed by atoms with Crippen molar-refractivity contribution in [3.63, 3.8) is 0 Å². The fraction of sp³-hybridized carbons (Fsp3) is 0.333. The SMILES string of the molecule is CCCn1nnnc1COc1ccc(Cl)cc1C(=O)O. The molecule has 2 rings (SSSR count). The molecule has 0 aliphatic rings. The third-order valence-corrected chi connectivity index (χ3v) is 2.81. The number of hydrogen-bond acceptors (Lipinski definition) is 5. The number of rotatable bonds is 6. The van der Waals surface area contributed by atoms with E-state index in [-0.39, 0.29) is 17.9 Å². The van der Waals surface area contributed by atoms with Crippen LogP contribution in [0.3, 0.4) is 0 Å². The van der Waals surface area contributed by atoms with Gasteiger partial charge in [-0.2, -0.15) is 0 Å². The maximum Gasteiger partial charge on any atom is 0.339 e. The number of aromatic carboxylic acids is 1. The predicted octanol–water partition coefficient (Wildman–Crippen LogP) is 2.01.